The van der Waals surface area contributed by atoms with Crippen LogP contribution in [0.3, 0.4) is 0 Å². The van der Waals surface area contributed by atoms with Crippen molar-refractivity contribution in [3.63, 3.8) is 0 Å². The highest BCUT2D eigenvalue weighted by Gasteiger charge is 2.23. The lowest BCUT2D eigenvalue weighted by molar-refractivity contribution is 0.0746. The summed E-state index contributed by atoms with van der Waals surface area (Å²) >= 11 is 0. The van der Waals surface area contributed by atoms with Gasteiger partial charge in [0.15, 0.2) is 17.3 Å². The summed E-state index contributed by atoms with van der Waals surface area (Å²) < 4.78 is 16.3. The number of methoxy groups -OCH3 is 3. The van der Waals surface area contributed by atoms with E-state index in [-0.39, 0.29) is 5.91 Å². The normalized spacial score (nSPS) is 13.6. The summed E-state index contributed by atoms with van der Waals surface area (Å²) in [5.74, 6) is 2.51. The summed E-state index contributed by atoms with van der Waals surface area (Å²) in [6.45, 7) is 4.71. The first kappa shape index (κ1) is 22.4. The van der Waals surface area contributed by atoms with Gasteiger partial charge in [-0.15, -0.1) is 10.2 Å². The van der Waals surface area contributed by atoms with Gasteiger partial charge in [-0.2, -0.15) is 0 Å². The highest BCUT2D eigenvalue weighted by atomic mass is 16.5. The third-order valence-electron chi connectivity index (χ3n) is 5.80. The Hall–Kier alpha value is -3.81. The van der Waals surface area contributed by atoms with Crippen LogP contribution >= 0.6 is 0 Å². The molecule has 1 saturated heterocycles. The lowest BCUT2D eigenvalue weighted by Gasteiger charge is -2.35. The fourth-order valence-electron chi connectivity index (χ4n) is 3.89. The third-order valence-corrected chi connectivity index (χ3v) is 5.80. The van der Waals surface area contributed by atoms with Crippen LogP contribution in [0.15, 0.2) is 48.5 Å². The maximum absolute atomic E-state index is 12.8. The lowest BCUT2D eigenvalue weighted by Crippen LogP contribution is -2.49. The topological polar surface area (TPSA) is 77.0 Å². The van der Waals surface area contributed by atoms with Crippen LogP contribution < -0.4 is 19.1 Å². The number of hydrogen-bond acceptors (Lipinski definition) is 7. The van der Waals surface area contributed by atoms with Crippen LogP contribution in [-0.2, 0) is 0 Å². The monoisotopic (exact) mass is 448 g/mol. The number of hydrogen-bond donors (Lipinski definition) is 0. The van der Waals surface area contributed by atoms with Crippen LogP contribution in [-0.4, -0.2) is 68.5 Å². The number of piperazine rings is 1. The van der Waals surface area contributed by atoms with Crippen LogP contribution in [0, 0.1) is 6.92 Å². The number of aromatic nitrogens is 2. The molecule has 3 aromatic rings. The molecule has 0 atom stereocenters. The van der Waals surface area contributed by atoms with Crippen LogP contribution in [0.25, 0.3) is 11.3 Å². The Morgan fingerprint density at radius 3 is 1.97 bits per heavy atom. The molecule has 0 unspecified atom stereocenters. The average Bonchev–Trinajstić information content (AvgIpc) is 2.88. The Balaban J connectivity index is 1.44. The van der Waals surface area contributed by atoms with Crippen molar-refractivity contribution in [3.05, 3.63) is 59.7 Å². The molecule has 0 saturated carbocycles. The fourth-order valence-corrected chi connectivity index (χ4v) is 3.89. The molecule has 1 aromatic heterocycles. The van der Waals surface area contributed by atoms with E-state index in [9.17, 15) is 4.79 Å². The summed E-state index contributed by atoms with van der Waals surface area (Å²) in [6, 6.07) is 15.3. The second kappa shape index (κ2) is 9.77. The van der Waals surface area contributed by atoms with Crippen molar-refractivity contribution in [2.75, 3.05) is 52.4 Å². The number of ether oxygens (including phenoxy) is 3. The third kappa shape index (κ3) is 4.69. The quantitative estimate of drug-likeness (QED) is 0.572. The number of amides is 1. The van der Waals surface area contributed by atoms with Gasteiger partial charge in [-0.05, 0) is 43.3 Å². The number of nitrogens with zero attached hydrogens (tertiary/aromatic N) is 4. The second-order valence-corrected chi connectivity index (χ2v) is 7.84. The Morgan fingerprint density at radius 2 is 1.45 bits per heavy atom. The van der Waals surface area contributed by atoms with Crippen molar-refractivity contribution in [2.45, 2.75) is 6.92 Å². The van der Waals surface area contributed by atoms with Crippen molar-refractivity contribution >= 4 is 11.7 Å². The molecule has 8 heteroatoms. The molecule has 0 N–H and O–H groups in total. The number of carbonyl (C=O) groups excluding carboxylic acids is 1. The van der Waals surface area contributed by atoms with E-state index in [0.29, 0.717) is 49.1 Å². The maximum Gasteiger partial charge on any atom is 0.253 e. The summed E-state index contributed by atoms with van der Waals surface area (Å²) in [6.07, 6.45) is 0. The molecule has 8 nitrogen and oxygen atoms in total. The second-order valence-electron chi connectivity index (χ2n) is 7.84. The SMILES string of the molecule is COc1cc(-c2ccc(N3CCN(C(=O)c4ccc(C)cc4)CC3)nn2)cc(OC)c1OC. The van der Waals surface area contributed by atoms with Gasteiger partial charge in [-0.1, -0.05) is 17.7 Å². The van der Waals surface area contributed by atoms with E-state index in [2.05, 4.69) is 15.1 Å². The summed E-state index contributed by atoms with van der Waals surface area (Å²) in [7, 11) is 4.74. The molecule has 1 aliphatic heterocycles. The minimum Gasteiger partial charge on any atom is -0.493 e. The van der Waals surface area contributed by atoms with Crippen molar-refractivity contribution in [1.82, 2.24) is 15.1 Å². The van der Waals surface area contributed by atoms with E-state index in [0.717, 1.165) is 22.5 Å². The highest BCUT2D eigenvalue weighted by Crippen LogP contribution is 2.40. The Labute approximate surface area is 193 Å². The first-order chi connectivity index (χ1) is 16.0. The van der Waals surface area contributed by atoms with Crippen molar-refractivity contribution in [3.8, 4) is 28.5 Å². The molecular formula is C25H28N4O4. The summed E-state index contributed by atoms with van der Waals surface area (Å²) in [5.41, 5.74) is 3.39. The lowest BCUT2D eigenvalue weighted by atomic mass is 10.1. The first-order valence-corrected chi connectivity index (χ1v) is 10.8. The largest absolute Gasteiger partial charge is 0.493 e. The minimum absolute atomic E-state index is 0.0680. The van der Waals surface area contributed by atoms with Crippen LogP contribution in [0.5, 0.6) is 17.2 Å². The average molecular weight is 449 g/mol. The summed E-state index contributed by atoms with van der Waals surface area (Å²) in [5, 5.41) is 8.85. The highest BCUT2D eigenvalue weighted by molar-refractivity contribution is 5.94. The predicted octanol–water partition coefficient (Wildman–Crippen LogP) is 3.44. The van der Waals surface area contributed by atoms with E-state index in [1.165, 1.54) is 0 Å². The molecule has 0 spiro atoms. The van der Waals surface area contributed by atoms with Gasteiger partial charge in [0.25, 0.3) is 5.91 Å². The Kier molecular flexibility index (Phi) is 6.63. The number of carbonyl (C=O) groups is 1. The van der Waals surface area contributed by atoms with E-state index >= 15 is 0 Å². The van der Waals surface area contributed by atoms with Crippen LogP contribution in [0.2, 0.25) is 0 Å². The minimum atomic E-state index is 0.0680. The molecular weight excluding hydrogens is 420 g/mol. The van der Waals surface area contributed by atoms with Gasteiger partial charge in [0, 0.05) is 37.3 Å². The molecule has 4 rings (SSSR count). The molecule has 0 aliphatic carbocycles. The van der Waals surface area contributed by atoms with Crippen LogP contribution in [0.1, 0.15) is 15.9 Å². The van der Waals surface area contributed by atoms with Gasteiger partial charge in [0.2, 0.25) is 5.75 Å². The van der Waals surface area contributed by atoms with Crippen molar-refractivity contribution < 1.29 is 19.0 Å². The van der Waals surface area contributed by atoms with E-state index in [1.54, 1.807) is 21.3 Å². The van der Waals surface area contributed by atoms with Crippen LogP contribution in [0.4, 0.5) is 5.82 Å². The molecule has 0 radical (unpaired) electrons. The van der Waals surface area contributed by atoms with Gasteiger partial charge < -0.3 is 24.0 Å². The zero-order valence-corrected chi connectivity index (χ0v) is 19.4. The number of benzene rings is 2. The molecule has 33 heavy (non-hydrogen) atoms. The molecule has 2 aromatic carbocycles. The standard InChI is InChI=1S/C25H28N4O4/c1-17-5-7-18(8-6-17)25(30)29-13-11-28(12-14-29)23-10-9-20(26-27-23)19-15-21(31-2)24(33-4)22(16-19)32-3/h5-10,15-16H,11-14H2,1-4H3. The van der Waals surface area contributed by atoms with Gasteiger partial charge in [-0.25, -0.2) is 0 Å². The Bertz CT molecular complexity index is 1080. The molecule has 1 amide bonds. The van der Waals surface area contributed by atoms with E-state index in [4.69, 9.17) is 14.2 Å². The maximum atomic E-state index is 12.8. The predicted molar refractivity (Wildman–Crippen MR) is 126 cm³/mol. The van der Waals surface area contributed by atoms with Crippen molar-refractivity contribution in [2.24, 2.45) is 0 Å². The molecule has 1 fully saturated rings. The molecule has 172 valence electrons. The fraction of sp³-hybridized carbons (Fsp3) is 0.320. The van der Waals surface area contributed by atoms with Gasteiger partial charge in [-0.3, -0.25) is 4.79 Å². The van der Waals surface area contributed by atoms with Gasteiger partial charge in [0.1, 0.15) is 0 Å². The van der Waals surface area contributed by atoms with Gasteiger partial charge >= 0.3 is 0 Å². The first-order valence-electron chi connectivity index (χ1n) is 10.8. The zero-order valence-electron chi connectivity index (χ0n) is 19.4. The zero-order chi connectivity index (χ0) is 23.4. The number of aryl methyl sites for hydroxylation is 1. The molecule has 0 bridgehead atoms. The van der Waals surface area contributed by atoms with Gasteiger partial charge in [0.05, 0.1) is 27.0 Å². The Morgan fingerprint density at radius 1 is 0.818 bits per heavy atom. The number of rotatable bonds is 6. The van der Waals surface area contributed by atoms with E-state index in [1.807, 2.05) is 60.4 Å². The summed E-state index contributed by atoms with van der Waals surface area (Å²) in [4.78, 5) is 16.8. The molecule has 1 aliphatic rings. The van der Waals surface area contributed by atoms with E-state index < -0.39 is 0 Å². The van der Waals surface area contributed by atoms with Crippen molar-refractivity contribution in [1.29, 1.82) is 0 Å². The smallest absolute Gasteiger partial charge is 0.253 e. The molecule has 2 heterocycles. The number of anilines is 1.